The molecule has 1 saturated heterocycles. The van der Waals surface area contributed by atoms with Crippen molar-refractivity contribution in [2.45, 2.75) is 26.2 Å². The minimum atomic E-state index is -0.401. The quantitative estimate of drug-likeness (QED) is 0.751. The molecule has 3 nitrogen and oxygen atoms in total. The summed E-state index contributed by atoms with van der Waals surface area (Å²) in [7, 11) is 0. The van der Waals surface area contributed by atoms with Crippen LogP contribution in [0.2, 0.25) is 0 Å². The highest BCUT2D eigenvalue weighted by molar-refractivity contribution is 5.68. The van der Waals surface area contributed by atoms with Crippen LogP contribution >= 0.6 is 0 Å². The molecule has 0 amide bonds. The van der Waals surface area contributed by atoms with E-state index in [2.05, 4.69) is 42.7 Å². The van der Waals surface area contributed by atoms with Gasteiger partial charge in [0.1, 0.15) is 6.29 Å². The number of rotatable bonds is 6. The second kappa shape index (κ2) is 7.19. The van der Waals surface area contributed by atoms with E-state index in [1.807, 2.05) is 18.2 Å². The molecule has 0 spiro atoms. The van der Waals surface area contributed by atoms with E-state index in [1.165, 1.54) is 6.54 Å². The Morgan fingerprint density at radius 2 is 1.67 bits per heavy atom. The fourth-order valence-electron chi connectivity index (χ4n) is 3.13. The molecule has 1 aliphatic rings. The third-order valence-electron chi connectivity index (χ3n) is 4.33. The molecule has 1 aliphatic heterocycles. The third kappa shape index (κ3) is 4.39. The van der Waals surface area contributed by atoms with E-state index in [1.54, 1.807) is 0 Å². The van der Waals surface area contributed by atoms with Gasteiger partial charge in [0, 0.05) is 39.3 Å². The zero-order chi connectivity index (χ0) is 15.3. The molecule has 1 heterocycles. The lowest BCUT2D eigenvalue weighted by atomic mass is 9.83. The molecule has 0 radical (unpaired) electrons. The molecule has 3 heteroatoms. The van der Waals surface area contributed by atoms with Gasteiger partial charge in [-0.3, -0.25) is 4.90 Å². The van der Waals surface area contributed by atoms with Gasteiger partial charge in [0.15, 0.2) is 0 Å². The maximum atomic E-state index is 11.7. The third-order valence-corrected chi connectivity index (χ3v) is 4.33. The molecule has 0 aliphatic carbocycles. The van der Waals surface area contributed by atoms with Gasteiger partial charge in [-0.1, -0.05) is 44.2 Å². The molecule has 1 atom stereocenters. The van der Waals surface area contributed by atoms with Crippen LogP contribution in [0, 0.1) is 5.92 Å². The van der Waals surface area contributed by atoms with Crippen LogP contribution in [0.3, 0.4) is 0 Å². The number of piperazine rings is 1. The summed E-state index contributed by atoms with van der Waals surface area (Å²) in [5.41, 5.74) is 0.714. The van der Waals surface area contributed by atoms with Crippen molar-refractivity contribution in [2.24, 2.45) is 5.92 Å². The normalized spacial score (nSPS) is 20.4. The van der Waals surface area contributed by atoms with Gasteiger partial charge in [-0.2, -0.15) is 0 Å². The lowest BCUT2D eigenvalue weighted by Gasteiger charge is -2.39. The molecule has 0 bridgehead atoms. The SMILES string of the molecule is CC(C)CN1CCN(CC(C)(C=O)c2ccccc2)CC1. The van der Waals surface area contributed by atoms with E-state index in [0.717, 1.165) is 50.5 Å². The Morgan fingerprint density at radius 1 is 1.10 bits per heavy atom. The van der Waals surface area contributed by atoms with Crippen molar-refractivity contribution in [2.75, 3.05) is 39.3 Å². The molecule has 0 N–H and O–H groups in total. The van der Waals surface area contributed by atoms with Crippen molar-refractivity contribution in [1.29, 1.82) is 0 Å². The van der Waals surface area contributed by atoms with Crippen molar-refractivity contribution < 1.29 is 4.79 Å². The van der Waals surface area contributed by atoms with E-state index in [9.17, 15) is 4.79 Å². The van der Waals surface area contributed by atoms with E-state index in [-0.39, 0.29) is 0 Å². The lowest BCUT2D eigenvalue weighted by Crippen LogP contribution is -2.51. The molecular weight excluding hydrogens is 260 g/mol. The van der Waals surface area contributed by atoms with Gasteiger partial charge in [0.2, 0.25) is 0 Å². The number of hydrogen-bond acceptors (Lipinski definition) is 3. The molecule has 116 valence electrons. The number of hydrogen-bond donors (Lipinski definition) is 0. The Kier molecular flexibility index (Phi) is 5.54. The highest BCUT2D eigenvalue weighted by Gasteiger charge is 2.30. The van der Waals surface area contributed by atoms with Gasteiger partial charge in [-0.25, -0.2) is 0 Å². The van der Waals surface area contributed by atoms with Crippen LogP contribution in [0.1, 0.15) is 26.3 Å². The Balaban J connectivity index is 1.93. The van der Waals surface area contributed by atoms with Gasteiger partial charge in [-0.05, 0) is 18.4 Å². The zero-order valence-corrected chi connectivity index (χ0v) is 13.6. The van der Waals surface area contributed by atoms with Crippen molar-refractivity contribution in [1.82, 2.24) is 9.80 Å². The first-order valence-electron chi connectivity index (χ1n) is 8.00. The molecule has 21 heavy (non-hydrogen) atoms. The summed E-state index contributed by atoms with van der Waals surface area (Å²) in [5, 5.41) is 0. The van der Waals surface area contributed by atoms with E-state index in [4.69, 9.17) is 0 Å². The van der Waals surface area contributed by atoms with E-state index < -0.39 is 5.41 Å². The fourth-order valence-corrected chi connectivity index (χ4v) is 3.13. The van der Waals surface area contributed by atoms with Gasteiger partial charge in [0.25, 0.3) is 0 Å². The zero-order valence-electron chi connectivity index (χ0n) is 13.6. The number of carbonyl (C=O) groups is 1. The fraction of sp³-hybridized carbons (Fsp3) is 0.611. The predicted molar refractivity (Wildman–Crippen MR) is 87.6 cm³/mol. The minimum absolute atomic E-state index is 0.401. The average molecular weight is 288 g/mol. The Hall–Kier alpha value is -1.19. The summed E-state index contributed by atoms with van der Waals surface area (Å²) in [6.07, 6.45) is 1.11. The number of carbonyl (C=O) groups excluding carboxylic acids is 1. The van der Waals surface area contributed by atoms with Crippen LogP contribution in [0.4, 0.5) is 0 Å². The smallest absolute Gasteiger partial charge is 0.131 e. The van der Waals surface area contributed by atoms with Gasteiger partial charge in [0.05, 0.1) is 5.41 Å². The highest BCUT2D eigenvalue weighted by Crippen LogP contribution is 2.23. The summed E-state index contributed by atoms with van der Waals surface area (Å²) in [6, 6.07) is 10.1. The van der Waals surface area contributed by atoms with Crippen LogP contribution in [0.5, 0.6) is 0 Å². The van der Waals surface area contributed by atoms with Crippen molar-refractivity contribution in [3.63, 3.8) is 0 Å². The summed E-state index contributed by atoms with van der Waals surface area (Å²) in [5.74, 6) is 0.723. The second-order valence-corrected chi connectivity index (χ2v) is 6.87. The average Bonchev–Trinajstić information content (AvgIpc) is 2.49. The van der Waals surface area contributed by atoms with Gasteiger partial charge < -0.3 is 9.69 Å². The van der Waals surface area contributed by atoms with Crippen LogP contribution in [0.25, 0.3) is 0 Å². The molecule has 1 aromatic rings. The Labute approximate surface area is 128 Å². The Bertz CT molecular complexity index is 438. The van der Waals surface area contributed by atoms with Crippen LogP contribution in [0.15, 0.2) is 30.3 Å². The van der Waals surface area contributed by atoms with Crippen molar-refractivity contribution >= 4 is 6.29 Å². The predicted octanol–water partition coefficient (Wildman–Crippen LogP) is 2.42. The first kappa shape index (κ1) is 16.2. The summed E-state index contributed by atoms with van der Waals surface area (Å²) in [4.78, 5) is 16.6. The molecule has 1 fully saturated rings. The molecule has 0 aromatic heterocycles. The molecular formula is C18H28N2O. The van der Waals surface area contributed by atoms with Crippen molar-refractivity contribution in [3.8, 4) is 0 Å². The maximum Gasteiger partial charge on any atom is 0.131 e. The standard InChI is InChI=1S/C18H28N2O/c1-16(2)13-19-9-11-20(12-10-19)14-18(3,15-21)17-7-5-4-6-8-17/h4-8,15-16H,9-14H2,1-3H3. The summed E-state index contributed by atoms with van der Waals surface area (Å²) < 4.78 is 0. The first-order chi connectivity index (χ1) is 10.0. The monoisotopic (exact) mass is 288 g/mol. The topological polar surface area (TPSA) is 23.6 Å². The second-order valence-electron chi connectivity index (χ2n) is 6.87. The largest absolute Gasteiger partial charge is 0.302 e. The van der Waals surface area contributed by atoms with Crippen LogP contribution in [-0.2, 0) is 10.2 Å². The van der Waals surface area contributed by atoms with Crippen LogP contribution in [-0.4, -0.2) is 55.4 Å². The first-order valence-corrected chi connectivity index (χ1v) is 8.00. The summed E-state index contributed by atoms with van der Waals surface area (Å²) in [6.45, 7) is 12.9. The molecule has 2 rings (SSSR count). The summed E-state index contributed by atoms with van der Waals surface area (Å²) >= 11 is 0. The molecule has 1 unspecified atom stereocenters. The number of aldehydes is 1. The number of nitrogens with zero attached hydrogens (tertiary/aromatic N) is 2. The van der Waals surface area contributed by atoms with Gasteiger partial charge in [-0.15, -0.1) is 0 Å². The van der Waals surface area contributed by atoms with Crippen molar-refractivity contribution in [3.05, 3.63) is 35.9 Å². The lowest BCUT2D eigenvalue weighted by molar-refractivity contribution is -0.113. The Morgan fingerprint density at radius 3 is 2.19 bits per heavy atom. The molecule has 1 aromatic carbocycles. The highest BCUT2D eigenvalue weighted by atomic mass is 16.1. The molecule has 0 saturated carbocycles. The maximum absolute atomic E-state index is 11.7. The minimum Gasteiger partial charge on any atom is -0.302 e. The van der Waals surface area contributed by atoms with Gasteiger partial charge >= 0.3 is 0 Å². The van der Waals surface area contributed by atoms with Crippen LogP contribution < -0.4 is 0 Å². The van der Waals surface area contributed by atoms with E-state index >= 15 is 0 Å². The number of benzene rings is 1. The van der Waals surface area contributed by atoms with E-state index in [0.29, 0.717) is 0 Å².